The van der Waals surface area contributed by atoms with Gasteiger partial charge in [0.2, 0.25) is 0 Å². The summed E-state index contributed by atoms with van der Waals surface area (Å²) >= 11 is 0. The molecule has 2 aromatic rings. The maximum Gasteiger partial charge on any atom is 0.257 e. The Kier molecular flexibility index (Phi) is 5.46. The molecule has 0 aromatic heterocycles. The van der Waals surface area contributed by atoms with Crippen LogP contribution >= 0.6 is 0 Å². The molecule has 1 aliphatic heterocycles. The molecule has 0 saturated carbocycles. The minimum Gasteiger partial charge on any atom is -0.494 e. The first-order valence-electron chi connectivity index (χ1n) is 8.27. The van der Waals surface area contributed by atoms with Gasteiger partial charge in [0.25, 0.3) is 5.91 Å². The average Bonchev–Trinajstić information content (AvgIpc) is 2.64. The molecule has 4 nitrogen and oxygen atoms in total. The Hall–Kier alpha value is -2.54. The molecule has 7 heteroatoms. The van der Waals surface area contributed by atoms with Gasteiger partial charge in [-0.05, 0) is 35.9 Å². The summed E-state index contributed by atoms with van der Waals surface area (Å²) in [5.74, 6) is -2.11. The number of carbonyl (C=O) groups excluding carboxylic acids is 1. The summed E-state index contributed by atoms with van der Waals surface area (Å²) in [6, 6.07) is 7.66. The molecule has 1 saturated heterocycles. The van der Waals surface area contributed by atoms with Crippen molar-refractivity contribution in [1.29, 1.82) is 0 Å². The Bertz CT molecular complexity index is 805. The third kappa shape index (κ3) is 3.99. The van der Waals surface area contributed by atoms with Crippen LogP contribution in [0.1, 0.15) is 15.9 Å². The molecule has 26 heavy (non-hydrogen) atoms. The first-order valence-corrected chi connectivity index (χ1v) is 8.27. The second-order valence-electron chi connectivity index (χ2n) is 6.16. The minimum atomic E-state index is -0.729. The maximum absolute atomic E-state index is 13.8. The third-order valence-corrected chi connectivity index (χ3v) is 4.44. The molecule has 1 aliphatic rings. The van der Waals surface area contributed by atoms with Crippen LogP contribution < -0.4 is 4.74 Å². The molecule has 3 rings (SSSR count). The van der Waals surface area contributed by atoms with E-state index in [0.29, 0.717) is 32.7 Å². The number of piperazine rings is 1. The van der Waals surface area contributed by atoms with Gasteiger partial charge in [0.15, 0.2) is 11.6 Å². The first-order chi connectivity index (χ1) is 12.5. The standard InChI is InChI=1S/C19H19F3N2O2/c1-26-18-5-2-13(10-17(18)22)12-23-6-8-24(9-7-23)19(25)15-11-14(20)3-4-16(15)21/h2-5,10-11H,6-9,12H2,1H3. The molecule has 2 aromatic carbocycles. The predicted octanol–water partition coefficient (Wildman–Crippen LogP) is 3.07. The average molecular weight is 364 g/mol. The number of methoxy groups -OCH3 is 1. The molecular formula is C19H19F3N2O2. The molecule has 0 atom stereocenters. The zero-order valence-electron chi connectivity index (χ0n) is 14.3. The van der Waals surface area contributed by atoms with E-state index in [2.05, 4.69) is 4.90 Å². The van der Waals surface area contributed by atoms with E-state index in [1.165, 1.54) is 18.1 Å². The predicted molar refractivity (Wildman–Crippen MR) is 90.5 cm³/mol. The van der Waals surface area contributed by atoms with Crippen LogP contribution in [0.2, 0.25) is 0 Å². The van der Waals surface area contributed by atoms with E-state index in [1.807, 2.05) is 0 Å². The number of nitrogens with zero attached hydrogens (tertiary/aromatic N) is 2. The number of hydrogen-bond donors (Lipinski definition) is 0. The number of ether oxygens (including phenoxy) is 1. The number of benzene rings is 2. The van der Waals surface area contributed by atoms with E-state index in [9.17, 15) is 18.0 Å². The number of rotatable bonds is 4. The summed E-state index contributed by atoms with van der Waals surface area (Å²) in [6.45, 7) is 2.46. The van der Waals surface area contributed by atoms with Gasteiger partial charge in [-0.3, -0.25) is 9.69 Å². The molecule has 1 amide bonds. The Labute approximate surface area is 149 Å². The van der Waals surface area contributed by atoms with Gasteiger partial charge < -0.3 is 9.64 Å². The highest BCUT2D eigenvalue weighted by Crippen LogP contribution is 2.20. The molecule has 0 unspecified atom stereocenters. The lowest BCUT2D eigenvalue weighted by Crippen LogP contribution is -2.48. The minimum absolute atomic E-state index is 0.196. The van der Waals surface area contributed by atoms with Crippen LogP contribution in [0.25, 0.3) is 0 Å². The lowest BCUT2D eigenvalue weighted by molar-refractivity contribution is 0.0623. The Morgan fingerprint density at radius 2 is 1.73 bits per heavy atom. The van der Waals surface area contributed by atoms with E-state index in [4.69, 9.17) is 4.74 Å². The van der Waals surface area contributed by atoms with Crippen LogP contribution in [-0.4, -0.2) is 49.0 Å². The second-order valence-corrected chi connectivity index (χ2v) is 6.16. The largest absolute Gasteiger partial charge is 0.494 e. The van der Waals surface area contributed by atoms with E-state index >= 15 is 0 Å². The fraction of sp³-hybridized carbons (Fsp3) is 0.316. The van der Waals surface area contributed by atoms with Crippen LogP contribution in [0, 0.1) is 17.5 Å². The molecule has 0 N–H and O–H groups in total. The van der Waals surface area contributed by atoms with E-state index in [1.54, 1.807) is 12.1 Å². The monoisotopic (exact) mass is 364 g/mol. The van der Waals surface area contributed by atoms with Crippen molar-refractivity contribution in [3.05, 3.63) is 65.0 Å². The molecule has 138 valence electrons. The van der Waals surface area contributed by atoms with Crippen molar-refractivity contribution < 1.29 is 22.7 Å². The number of amides is 1. The third-order valence-electron chi connectivity index (χ3n) is 4.44. The highest BCUT2D eigenvalue weighted by atomic mass is 19.1. The number of hydrogen-bond acceptors (Lipinski definition) is 3. The second kappa shape index (κ2) is 7.78. The van der Waals surface area contributed by atoms with Crippen molar-refractivity contribution >= 4 is 5.91 Å². The first kappa shape index (κ1) is 18.3. The van der Waals surface area contributed by atoms with Gasteiger partial charge in [0.05, 0.1) is 12.7 Å². The normalized spacial score (nSPS) is 15.2. The summed E-state index contributed by atoms with van der Waals surface area (Å²) in [4.78, 5) is 16.0. The SMILES string of the molecule is COc1ccc(CN2CCN(C(=O)c3cc(F)ccc3F)CC2)cc1F. The molecule has 0 spiro atoms. The zero-order valence-corrected chi connectivity index (χ0v) is 14.3. The summed E-state index contributed by atoms with van der Waals surface area (Å²) in [6.07, 6.45) is 0. The van der Waals surface area contributed by atoms with Gasteiger partial charge in [0, 0.05) is 32.7 Å². The fourth-order valence-electron chi connectivity index (χ4n) is 3.01. The van der Waals surface area contributed by atoms with Crippen molar-refractivity contribution in [2.45, 2.75) is 6.54 Å². The molecule has 1 heterocycles. The molecule has 0 bridgehead atoms. The van der Waals surface area contributed by atoms with Gasteiger partial charge in [-0.2, -0.15) is 0 Å². The van der Waals surface area contributed by atoms with E-state index in [0.717, 1.165) is 23.8 Å². The van der Waals surface area contributed by atoms with E-state index in [-0.39, 0.29) is 11.3 Å². The molecule has 0 aliphatic carbocycles. The highest BCUT2D eigenvalue weighted by Gasteiger charge is 2.24. The van der Waals surface area contributed by atoms with Crippen LogP contribution in [0.5, 0.6) is 5.75 Å². The van der Waals surface area contributed by atoms with Gasteiger partial charge >= 0.3 is 0 Å². The number of carbonyl (C=O) groups is 1. The maximum atomic E-state index is 13.8. The summed E-state index contributed by atoms with van der Waals surface area (Å²) in [5, 5.41) is 0. The highest BCUT2D eigenvalue weighted by molar-refractivity contribution is 5.94. The zero-order chi connectivity index (χ0) is 18.7. The summed E-state index contributed by atoms with van der Waals surface area (Å²) < 4.78 is 45.7. The van der Waals surface area contributed by atoms with Crippen molar-refractivity contribution in [2.24, 2.45) is 0 Å². The van der Waals surface area contributed by atoms with Gasteiger partial charge in [0.1, 0.15) is 11.6 Å². The van der Waals surface area contributed by atoms with Crippen molar-refractivity contribution in [1.82, 2.24) is 9.80 Å². The summed E-state index contributed by atoms with van der Waals surface area (Å²) in [5.41, 5.74) is 0.551. The van der Waals surface area contributed by atoms with Crippen LogP contribution in [0.4, 0.5) is 13.2 Å². The Balaban J connectivity index is 1.59. The quantitative estimate of drug-likeness (QED) is 0.836. The molecule has 1 fully saturated rings. The van der Waals surface area contributed by atoms with Crippen LogP contribution in [0.3, 0.4) is 0 Å². The fourth-order valence-corrected chi connectivity index (χ4v) is 3.01. The van der Waals surface area contributed by atoms with Gasteiger partial charge in [-0.1, -0.05) is 6.07 Å². The number of halogens is 3. The lowest BCUT2D eigenvalue weighted by Gasteiger charge is -2.34. The Morgan fingerprint density at radius 1 is 1.00 bits per heavy atom. The summed E-state index contributed by atoms with van der Waals surface area (Å²) in [7, 11) is 1.41. The van der Waals surface area contributed by atoms with Crippen LogP contribution in [0.15, 0.2) is 36.4 Å². The Morgan fingerprint density at radius 3 is 2.38 bits per heavy atom. The van der Waals surface area contributed by atoms with Crippen molar-refractivity contribution in [3.8, 4) is 5.75 Å². The molecule has 0 radical (unpaired) electrons. The van der Waals surface area contributed by atoms with E-state index < -0.39 is 23.4 Å². The van der Waals surface area contributed by atoms with Crippen molar-refractivity contribution in [2.75, 3.05) is 33.3 Å². The topological polar surface area (TPSA) is 32.8 Å². The van der Waals surface area contributed by atoms with Crippen LogP contribution in [-0.2, 0) is 6.54 Å². The van der Waals surface area contributed by atoms with Crippen molar-refractivity contribution in [3.63, 3.8) is 0 Å². The smallest absolute Gasteiger partial charge is 0.257 e. The van der Waals surface area contributed by atoms with Gasteiger partial charge in [-0.25, -0.2) is 13.2 Å². The molecular weight excluding hydrogens is 345 g/mol. The lowest BCUT2D eigenvalue weighted by atomic mass is 10.1. The van der Waals surface area contributed by atoms with Gasteiger partial charge in [-0.15, -0.1) is 0 Å².